The summed E-state index contributed by atoms with van der Waals surface area (Å²) < 4.78 is 6.53. The maximum absolute atomic E-state index is 6.06. The number of hydrogen-bond acceptors (Lipinski definition) is 3. The molecule has 0 unspecified atom stereocenters. The Bertz CT molecular complexity index is 606. The molecule has 1 aromatic heterocycles. The first-order valence-electron chi connectivity index (χ1n) is 4.95. The molecule has 3 nitrogen and oxygen atoms in total. The van der Waals surface area contributed by atoms with Crippen molar-refractivity contribution >= 4 is 44.7 Å². The van der Waals surface area contributed by atoms with Crippen LogP contribution >= 0.6 is 39.7 Å². The third-order valence-corrected chi connectivity index (χ3v) is 3.10. The molecule has 0 saturated carbocycles. The Labute approximate surface area is 123 Å². The lowest BCUT2D eigenvalue weighted by atomic mass is 10.3. The fraction of sp³-hybridized carbons (Fsp3) is 0. The maximum atomic E-state index is 6.06. The molecule has 0 aliphatic carbocycles. The highest BCUT2D eigenvalue weighted by molar-refractivity contribution is 9.10. The van der Waals surface area contributed by atoms with Crippen molar-refractivity contribution in [1.82, 2.24) is 4.98 Å². The summed E-state index contributed by atoms with van der Waals surface area (Å²) in [5.41, 5.74) is 6.02. The summed E-state index contributed by atoms with van der Waals surface area (Å²) in [7, 11) is 0. The van der Waals surface area contributed by atoms with Crippen molar-refractivity contribution < 1.29 is 4.74 Å². The number of nitrogens with zero attached hydrogens (tertiary/aromatic N) is 1. The van der Waals surface area contributed by atoms with Crippen LogP contribution in [0, 0.1) is 0 Å². The SMILES string of the molecule is NC(=S)c1cc(Oc2ccc(Br)cc2Cl)ccn1. The Morgan fingerprint density at radius 2 is 2.11 bits per heavy atom. The second-order valence-electron chi connectivity index (χ2n) is 3.42. The van der Waals surface area contributed by atoms with Crippen molar-refractivity contribution in [1.29, 1.82) is 0 Å². The molecule has 18 heavy (non-hydrogen) atoms. The third kappa shape index (κ3) is 3.19. The first kappa shape index (κ1) is 13.3. The molecule has 92 valence electrons. The highest BCUT2D eigenvalue weighted by atomic mass is 79.9. The third-order valence-electron chi connectivity index (χ3n) is 2.11. The van der Waals surface area contributed by atoms with E-state index in [0.29, 0.717) is 22.2 Å². The van der Waals surface area contributed by atoms with Gasteiger partial charge in [0.15, 0.2) is 0 Å². The average Bonchev–Trinajstić information content (AvgIpc) is 2.33. The number of hydrogen-bond donors (Lipinski definition) is 1. The van der Waals surface area contributed by atoms with Gasteiger partial charge in [-0.3, -0.25) is 4.98 Å². The van der Waals surface area contributed by atoms with Crippen molar-refractivity contribution in [2.24, 2.45) is 5.73 Å². The van der Waals surface area contributed by atoms with E-state index >= 15 is 0 Å². The Balaban J connectivity index is 2.28. The molecule has 2 aromatic rings. The van der Waals surface area contributed by atoms with Crippen LogP contribution in [0.15, 0.2) is 41.0 Å². The van der Waals surface area contributed by atoms with Gasteiger partial charge in [0.2, 0.25) is 0 Å². The highest BCUT2D eigenvalue weighted by Crippen LogP contribution is 2.31. The minimum atomic E-state index is 0.224. The van der Waals surface area contributed by atoms with Crippen LogP contribution in [0.1, 0.15) is 5.69 Å². The van der Waals surface area contributed by atoms with Gasteiger partial charge in [0.25, 0.3) is 0 Å². The molecule has 1 heterocycles. The maximum Gasteiger partial charge on any atom is 0.146 e. The second kappa shape index (κ2) is 5.65. The molecular weight excluding hydrogens is 336 g/mol. The largest absolute Gasteiger partial charge is 0.456 e. The fourth-order valence-corrected chi connectivity index (χ4v) is 2.12. The monoisotopic (exact) mass is 342 g/mol. The van der Waals surface area contributed by atoms with E-state index in [9.17, 15) is 0 Å². The molecular formula is C12H8BrClN2OS. The molecule has 0 bridgehead atoms. The van der Waals surface area contributed by atoms with Crippen LogP contribution in [0.2, 0.25) is 5.02 Å². The summed E-state index contributed by atoms with van der Waals surface area (Å²) in [5, 5.41) is 0.512. The van der Waals surface area contributed by atoms with E-state index in [-0.39, 0.29) is 4.99 Å². The summed E-state index contributed by atoms with van der Waals surface area (Å²) in [6, 6.07) is 8.75. The lowest BCUT2D eigenvalue weighted by molar-refractivity contribution is 0.482. The smallest absolute Gasteiger partial charge is 0.146 e. The molecule has 1 aromatic carbocycles. The number of ether oxygens (including phenoxy) is 1. The number of benzene rings is 1. The van der Waals surface area contributed by atoms with Gasteiger partial charge >= 0.3 is 0 Å². The molecule has 0 atom stereocenters. The molecule has 0 saturated heterocycles. The average molecular weight is 344 g/mol. The number of rotatable bonds is 3. The lowest BCUT2D eigenvalue weighted by Gasteiger charge is -2.08. The minimum absolute atomic E-state index is 0.224. The number of nitrogens with two attached hydrogens (primary N) is 1. The van der Waals surface area contributed by atoms with Crippen LogP contribution in [-0.4, -0.2) is 9.97 Å². The molecule has 0 aliphatic heterocycles. The van der Waals surface area contributed by atoms with Gasteiger partial charge < -0.3 is 10.5 Å². The summed E-state index contributed by atoms with van der Waals surface area (Å²) in [5.74, 6) is 1.14. The lowest BCUT2D eigenvalue weighted by Crippen LogP contribution is -2.11. The highest BCUT2D eigenvalue weighted by Gasteiger charge is 2.05. The molecule has 0 aliphatic rings. The van der Waals surface area contributed by atoms with E-state index in [0.717, 1.165) is 4.47 Å². The van der Waals surface area contributed by atoms with Crippen molar-refractivity contribution in [3.63, 3.8) is 0 Å². The number of thiocarbonyl (C=S) groups is 1. The number of halogens is 2. The summed E-state index contributed by atoms with van der Waals surface area (Å²) in [6.45, 7) is 0. The van der Waals surface area contributed by atoms with Crippen molar-refractivity contribution in [2.45, 2.75) is 0 Å². The van der Waals surface area contributed by atoms with Gasteiger partial charge in [0.1, 0.15) is 22.2 Å². The van der Waals surface area contributed by atoms with Crippen LogP contribution in [0.4, 0.5) is 0 Å². The minimum Gasteiger partial charge on any atom is -0.456 e. The summed E-state index contributed by atoms with van der Waals surface area (Å²) in [4.78, 5) is 4.25. The van der Waals surface area contributed by atoms with E-state index in [2.05, 4.69) is 20.9 Å². The van der Waals surface area contributed by atoms with Gasteiger partial charge in [-0.25, -0.2) is 0 Å². The van der Waals surface area contributed by atoms with Gasteiger partial charge in [-0.1, -0.05) is 39.7 Å². The number of pyridine rings is 1. The molecule has 0 spiro atoms. The van der Waals surface area contributed by atoms with Crippen molar-refractivity contribution in [3.05, 3.63) is 51.7 Å². The summed E-state index contributed by atoms with van der Waals surface area (Å²) >= 11 is 14.2. The Morgan fingerprint density at radius 1 is 1.33 bits per heavy atom. The first-order chi connectivity index (χ1) is 8.56. The molecule has 2 N–H and O–H groups in total. The normalized spacial score (nSPS) is 10.1. The van der Waals surface area contributed by atoms with Crippen molar-refractivity contribution in [2.75, 3.05) is 0 Å². The fourth-order valence-electron chi connectivity index (χ4n) is 1.29. The van der Waals surface area contributed by atoms with Gasteiger partial charge in [0, 0.05) is 16.7 Å². The second-order valence-corrected chi connectivity index (χ2v) is 5.18. The van der Waals surface area contributed by atoms with E-state index in [1.165, 1.54) is 0 Å². The number of aromatic nitrogens is 1. The molecule has 2 rings (SSSR count). The Kier molecular flexibility index (Phi) is 4.16. The quantitative estimate of drug-likeness (QED) is 0.858. The van der Waals surface area contributed by atoms with Gasteiger partial charge in [-0.05, 0) is 24.3 Å². The van der Waals surface area contributed by atoms with E-state index in [1.54, 1.807) is 30.5 Å². The van der Waals surface area contributed by atoms with Gasteiger partial charge in [-0.15, -0.1) is 0 Å². The standard InChI is InChI=1S/C12H8BrClN2OS/c13-7-1-2-11(9(14)5-7)17-8-3-4-16-10(6-8)12(15)18/h1-6H,(H2,15,18). The van der Waals surface area contributed by atoms with Crippen LogP contribution in [0.25, 0.3) is 0 Å². The zero-order valence-electron chi connectivity index (χ0n) is 9.06. The molecule has 0 fully saturated rings. The van der Waals surface area contributed by atoms with Crippen LogP contribution in [-0.2, 0) is 0 Å². The molecule has 0 radical (unpaired) electrons. The Morgan fingerprint density at radius 3 is 2.78 bits per heavy atom. The predicted molar refractivity (Wildman–Crippen MR) is 79.4 cm³/mol. The molecule has 6 heteroatoms. The topological polar surface area (TPSA) is 48.1 Å². The molecule has 0 amide bonds. The van der Waals surface area contributed by atoms with Gasteiger partial charge in [-0.2, -0.15) is 0 Å². The van der Waals surface area contributed by atoms with Crippen LogP contribution in [0.3, 0.4) is 0 Å². The van der Waals surface area contributed by atoms with Crippen molar-refractivity contribution in [3.8, 4) is 11.5 Å². The predicted octanol–water partition coefficient (Wildman–Crippen LogP) is 3.92. The van der Waals surface area contributed by atoms with Crippen LogP contribution < -0.4 is 10.5 Å². The van der Waals surface area contributed by atoms with Crippen LogP contribution in [0.5, 0.6) is 11.5 Å². The van der Waals surface area contributed by atoms with E-state index in [1.807, 2.05) is 6.07 Å². The zero-order chi connectivity index (χ0) is 13.1. The summed E-state index contributed by atoms with van der Waals surface area (Å²) in [6.07, 6.45) is 1.58. The van der Waals surface area contributed by atoms with E-state index in [4.69, 9.17) is 34.3 Å². The zero-order valence-corrected chi connectivity index (χ0v) is 12.2. The Hall–Kier alpha value is -1.17. The van der Waals surface area contributed by atoms with Gasteiger partial charge in [0.05, 0.1) is 5.02 Å². The first-order valence-corrected chi connectivity index (χ1v) is 6.53. The van der Waals surface area contributed by atoms with E-state index < -0.39 is 0 Å².